The number of hydrogen-bond acceptors (Lipinski definition) is 7. The van der Waals surface area contributed by atoms with Crippen molar-refractivity contribution >= 4 is 10.9 Å². The molecule has 0 unspecified atom stereocenters. The lowest BCUT2D eigenvalue weighted by atomic mass is 10.1. The maximum atomic E-state index is 14.2. The summed E-state index contributed by atoms with van der Waals surface area (Å²) in [4.78, 5) is 4.44. The Hall–Kier alpha value is -3.92. The largest absolute Gasteiger partial charge is 0.378 e. The standard InChI is InChI=1S/C19H14FN7O2/c1-28-10-16-17(24-26-27(16)15-5-3-2-4-13(15)20)19-22-18(25-29-19)11-6-7-14-12(8-11)9-21-23-14/h2-9H,10H2,1H3,(H,21,23). The zero-order valence-electron chi connectivity index (χ0n) is 15.2. The molecule has 9 nitrogen and oxygen atoms in total. The van der Waals surface area contributed by atoms with Gasteiger partial charge in [0.05, 0.1) is 18.3 Å². The van der Waals surface area contributed by atoms with E-state index in [2.05, 4.69) is 30.7 Å². The van der Waals surface area contributed by atoms with Crippen LogP contribution in [0.1, 0.15) is 5.69 Å². The summed E-state index contributed by atoms with van der Waals surface area (Å²) < 4.78 is 26.3. The van der Waals surface area contributed by atoms with Crippen LogP contribution in [0.3, 0.4) is 0 Å². The number of para-hydroxylation sites is 1. The van der Waals surface area contributed by atoms with Gasteiger partial charge in [-0.2, -0.15) is 10.1 Å². The quantitative estimate of drug-likeness (QED) is 0.490. The topological polar surface area (TPSA) is 108 Å². The van der Waals surface area contributed by atoms with Crippen LogP contribution < -0.4 is 0 Å². The van der Waals surface area contributed by atoms with E-state index in [1.165, 1.54) is 17.9 Å². The van der Waals surface area contributed by atoms with E-state index in [-0.39, 0.29) is 18.2 Å². The minimum atomic E-state index is -0.430. The van der Waals surface area contributed by atoms with Crippen LogP contribution in [0.25, 0.3) is 39.6 Å². The molecule has 0 atom stereocenters. The normalized spacial score (nSPS) is 11.4. The fraction of sp³-hybridized carbons (Fsp3) is 0.105. The molecule has 0 bridgehead atoms. The second-order valence-corrected chi connectivity index (χ2v) is 6.28. The maximum absolute atomic E-state index is 14.2. The Labute approximate surface area is 163 Å². The lowest BCUT2D eigenvalue weighted by molar-refractivity contribution is 0.179. The fourth-order valence-corrected chi connectivity index (χ4v) is 3.07. The average molecular weight is 391 g/mol. The van der Waals surface area contributed by atoms with Crippen molar-refractivity contribution in [3.8, 4) is 28.7 Å². The zero-order chi connectivity index (χ0) is 19.8. The number of aromatic amines is 1. The van der Waals surface area contributed by atoms with Crippen LogP contribution in [0.5, 0.6) is 0 Å². The van der Waals surface area contributed by atoms with E-state index >= 15 is 0 Å². The monoisotopic (exact) mass is 391 g/mol. The third-order valence-electron chi connectivity index (χ3n) is 4.45. The molecular formula is C19H14FN7O2. The first-order valence-electron chi connectivity index (χ1n) is 8.70. The van der Waals surface area contributed by atoms with Gasteiger partial charge >= 0.3 is 0 Å². The van der Waals surface area contributed by atoms with Crippen molar-refractivity contribution in [3.63, 3.8) is 0 Å². The average Bonchev–Trinajstić information content (AvgIpc) is 3.47. The molecule has 144 valence electrons. The van der Waals surface area contributed by atoms with Gasteiger partial charge in [0.1, 0.15) is 17.2 Å². The number of halogens is 1. The molecule has 0 fully saturated rings. The lowest BCUT2D eigenvalue weighted by Crippen LogP contribution is -2.06. The molecule has 0 spiro atoms. The minimum absolute atomic E-state index is 0.134. The van der Waals surface area contributed by atoms with E-state index in [1.807, 2.05) is 18.2 Å². The Morgan fingerprint density at radius 2 is 2.10 bits per heavy atom. The van der Waals surface area contributed by atoms with Gasteiger partial charge in [-0.25, -0.2) is 9.07 Å². The third-order valence-corrected chi connectivity index (χ3v) is 4.45. The Morgan fingerprint density at radius 3 is 2.97 bits per heavy atom. The first kappa shape index (κ1) is 17.2. The van der Waals surface area contributed by atoms with E-state index in [0.29, 0.717) is 17.2 Å². The predicted octanol–water partition coefficient (Wildman–Crippen LogP) is 3.15. The van der Waals surface area contributed by atoms with Gasteiger partial charge in [0.25, 0.3) is 5.89 Å². The highest BCUT2D eigenvalue weighted by Crippen LogP contribution is 2.27. The Kier molecular flexibility index (Phi) is 4.10. The molecule has 0 aliphatic rings. The number of benzene rings is 2. The number of aromatic nitrogens is 7. The van der Waals surface area contributed by atoms with Crippen LogP contribution in [0.2, 0.25) is 0 Å². The summed E-state index contributed by atoms with van der Waals surface area (Å²) in [6.45, 7) is 0.134. The number of fused-ring (bicyclic) bond motifs is 1. The van der Waals surface area contributed by atoms with Crippen LogP contribution >= 0.6 is 0 Å². The fourth-order valence-electron chi connectivity index (χ4n) is 3.07. The van der Waals surface area contributed by atoms with Crippen LogP contribution in [-0.2, 0) is 11.3 Å². The Bertz CT molecular complexity index is 1310. The van der Waals surface area contributed by atoms with Crippen molar-refractivity contribution in [2.24, 2.45) is 0 Å². The highest BCUT2D eigenvalue weighted by molar-refractivity contribution is 5.82. The van der Waals surface area contributed by atoms with Crippen molar-refractivity contribution in [1.82, 2.24) is 35.3 Å². The molecule has 0 aliphatic heterocycles. The van der Waals surface area contributed by atoms with Gasteiger partial charge in [-0.1, -0.05) is 22.5 Å². The molecular weight excluding hydrogens is 377 g/mol. The zero-order valence-corrected chi connectivity index (χ0v) is 15.2. The van der Waals surface area contributed by atoms with E-state index in [1.54, 1.807) is 24.4 Å². The van der Waals surface area contributed by atoms with Crippen LogP contribution in [0.4, 0.5) is 4.39 Å². The van der Waals surface area contributed by atoms with Crippen molar-refractivity contribution < 1.29 is 13.7 Å². The SMILES string of the molecule is COCc1c(-c2nc(-c3ccc4[nH]ncc4c3)no2)nnn1-c1ccccc1F. The number of H-pyrrole nitrogens is 1. The highest BCUT2D eigenvalue weighted by Gasteiger charge is 2.23. The van der Waals surface area contributed by atoms with Crippen LogP contribution in [-0.4, -0.2) is 42.4 Å². The molecule has 0 radical (unpaired) electrons. The van der Waals surface area contributed by atoms with Gasteiger partial charge in [0.2, 0.25) is 5.82 Å². The Balaban J connectivity index is 1.57. The van der Waals surface area contributed by atoms with Gasteiger partial charge in [0, 0.05) is 18.1 Å². The number of nitrogens with zero attached hydrogens (tertiary/aromatic N) is 6. The lowest BCUT2D eigenvalue weighted by Gasteiger charge is -2.06. The molecule has 0 saturated carbocycles. The summed E-state index contributed by atoms with van der Waals surface area (Å²) in [6.07, 6.45) is 1.72. The molecule has 0 amide bonds. The molecule has 0 saturated heterocycles. The maximum Gasteiger partial charge on any atom is 0.280 e. The molecule has 29 heavy (non-hydrogen) atoms. The van der Waals surface area contributed by atoms with E-state index in [9.17, 15) is 4.39 Å². The molecule has 2 aromatic carbocycles. The number of methoxy groups -OCH3 is 1. The number of rotatable bonds is 5. The Morgan fingerprint density at radius 1 is 1.21 bits per heavy atom. The molecule has 3 heterocycles. The van der Waals surface area contributed by atoms with Gasteiger partial charge in [-0.05, 0) is 30.3 Å². The van der Waals surface area contributed by atoms with Crippen molar-refractivity contribution in [1.29, 1.82) is 0 Å². The number of nitrogens with one attached hydrogen (secondary N) is 1. The van der Waals surface area contributed by atoms with Gasteiger partial charge < -0.3 is 9.26 Å². The minimum Gasteiger partial charge on any atom is -0.378 e. The molecule has 5 rings (SSSR count). The number of ether oxygens (including phenoxy) is 1. The summed E-state index contributed by atoms with van der Waals surface area (Å²) in [5.41, 5.74) is 2.76. The summed E-state index contributed by atoms with van der Waals surface area (Å²) in [5, 5.41) is 20.1. The first-order chi connectivity index (χ1) is 14.2. The van der Waals surface area contributed by atoms with Crippen molar-refractivity contribution in [3.05, 3.63) is 60.2 Å². The summed E-state index contributed by atoms with van der Waals surface area (Å²) in [6, 6.07) is 11.9. The first-order valence-corrected chi connectivity index (χ1v) is 8.70. The van der Waals surface area contributed by atoms with Crippen molar-refractivity contribution in [2.45, 2.75) is 6.61 Å². The summed E-state index contributed by atoms with van der Waals surface area (Å²) in [5.74, 6) is 0.134. The van der Waals surface area contributed by atoms with Crippen LogP contribution in [0.15, 0.2) is 53.2 Å². The molecule has 0 aliphatic carbocycles. The third kappa shape index (κ3) is 2.95. The van der Waals surface area contributed by atoms with Crippen molar-refractivity contribution in [2.75, 3.05) is 7.11 Å². The summed E-state index contributed by atoms with van der Waals surface area (Å²) in [7, 11) is 1.53. The van der Waals surface area contributed by atoms with Gasteiger partial charge in [0.15, 0.2) is 5.69 Å². The van der Waals surface area contributed by atoms with Gasteiger partial charge in [-0.15, -0.1) is 5.10 Å². The second-order valence-electron chi connectivity index (χ2n) is 6.28. The molecule has 3 aromatic heterocycles. The van der Waals surface area contributed by atoms with E-state index in [0.717, 1.165) is 16.5 Å². The smallest absolute Gasteiger partial charge is 0.280 e. The molecule has 10 heteroatoms. The van der Waals surface area contributed by atoms with Gasteiger partial charge in [-0.3, -0.25) is 5.10 Å². The molecule has 5 aromatic rings. The molecule has 1 N–H and O–H groups in total. The predicted molar refractivity (Wildman–Crippen MR) is 100 cm³/mol. The van der Waals surface area contributed by atoms with E-state index in [4.69, 9.17) is 9.26 Å². The summed E-state index contributed by atoms with van der Waals surface area (Å²) >= 11 is 0. The highest BCUT2D eigenvalue weighted by atomic mass is 19.1. The van der Waals surface area contributed by atoms with Crippen LogP contribution in [0, 0.1) is 5.82 Å². The van der Waals surface area contributed by atoms with E-state index < -0.39 is 5.82 Å². The number of hydrogen-bond donors (Lipinski definition) is 1. The second kappa shape index (κ2) is 6.91.